The van der Waals surface area contributed by atoms with Gasteiger partial charge in [0.05, 0.1) is 12.2 Å². The van der Waals surface area contributed by atoms with Crippen LogP contribution in [0.1, 0.15) is 19.4 Å². The maximum absolute atomic E-state index is 12.9. The summed E-state index contributed by atoms with van der Waals surface area (Å²) in [6.45, 7) is 8.17. The van der Waals surface area contributed by atoms with Gasteiger partial charge < -0.3 is 4.74 Å². The fourth-order valence-corrected chi connectivity index (χ4v) is 5.28. The number of hydrogen-bond donors (Lipinski definition) is 0. The van der Waals surface area contributed by atoms with E-state index in [0.29, 0.717) is 26.2 Å². The summed E-state index contributed by atoms with van der Waals surface area (Å²) >= 11 is 0. The second-order valence-electron chi connectivity index (χ2n) is 7.09. The molecule has 2 atom stereocenters. The van der Waals surface area contributed by atoms with E-state index in [1.165, 1.54) is 5.56 Å². The molecular weight excluding hydrogens is 350 g/mol. The van der Waals surface area contributed by atoms with Crippen LogP contribution in [0.2, 0.25) is 0 Å². The maximum Gasteiger partial charge on any atom is 0.282 e. The first-order valence-electron chi connectivity index (χ1n) is 9.30. The van der Waals surface area contributed by atoms with Gasteiger partial charge in [-0.3, -0.25) is 4.90 Å². The van der Waals surface area contributed by atoms with Crippen LogP contribution in [0, 0.1) is 0 Å². The predicted molar refractivity (Wildman–Crippen MR) is 104 cm³/mol. The van der Waals surface area contributed by atoms with Crippen LogP contribution >= 0.6 is 0 Å². The van der Waals surface area contributed by atoms with E-state index in [1.54, 1.807) is 8.61 Å². The Bertz CT molecular complexity index is 690. The maximum atomic E-state index is 12.9. The van der Waals surface area contributed by atoms with E-state index in [2.05, 4.69) is 29.2 Å². The van der Waals surface area contributed by atoms with Crippen molar-refractivity contribution in [3.05, 3.63) is 42.0 Å². The molecule has 2 unspecified atom stereocenters. The standard InChI is InChI=1S/C19H29N3O3S/c1-17-15-22(16-18(2)25-17)26(23,24)21-13-11-20(12-14-21)10-6-9-19-7-4-3-5-8-19/h3-9,17-18H,10-16H2,1-2H3/b9-6+. The topological polar surface area (TPSA) is 53.1 Å². The lowest BCUT2D eigenvalue weighted by atomic mass is 10.2. The molecule has 0 N–H and O–H groups in total. The Hall–Kier alpha value is -1.25. The minimum Gasteiger partial charge on any atom is -0.373 e. The molecule has 0 aliphatic carbocycles. The zero-order valence-electron chi connectivity index (χ0n) is 15.6. The van der Waals surface area contributed by atoms with E-state index in [-0.39, 0.29) is 12.2 Å². The monoisotopic (exact) mass is 379 g/mol. The lowest BCUT2D eigenvalue weighted by molar-refractivity contribution is -0.0457. The number of morpholine rings is 1. The number of ether oxygens (including phenoxy) is 1. The zero-order chi connectivity index (χ0) is 18.6. The molecule has 1 aromatic rings. The van der Waals surface area contributed by atoms with E-state index < -0.39 is 10.2 Å². The van der Waals surface area contributed by atoms with Crippen molar-refractivity contribution in [2.24, 2.45) is 0 Å². The van der Waals surface area contributed by atoms with E-state index in [4.69, 9.17) is 4.74 Å². The van der Waals surface area contributed by atoms with E-state index in [9.17, 15) is 8.42 Å². The van der Waals surface area contributed by atoms with Gasteiger partial charge in [-0.1, -0.05) is 42.5 Å². The summed E-state index contributed by atoms with van der Waals surface area (Å²) in [5, 5.41) is 0. The second kappa shape index (κ2) is 8.63. The van der Waals surface area contributed by atoms with Crippen molar-refractivity contribution in [1.82, 2.24) is 13.5 Å². The fraction of sp³-hybridized carbons (Fsp3) is 0.579. The molecule has 6 nitrogen and oxygen atoms in total. The first kappa shape index (κ1) is 19.5. The third-order valence-electron chi connectivity index (χ3n) is 4.84. The van der Waals surface area contributed by atoms with Crippen LogP contribution in [0.3, 0.4) is 0 Å². The Labute approximate surface area is 157 Å². The molecule has 0 bridgehead atoms. The highest BCUT2D eigenvalue weighted by atomic mass is 32.2. The van der Waals surface area contributed by atoms with E-state index in [1.807, 2.05) is 32.0 Å². The summed E-state index contributed by atoms with van der Waals surface area (Å²) in [4.78, 5) is 2.29. The number of nitrogens with zero attached hydrogens (tertiary/aromatic N) is 3. The highest BCUT2D eigenvalue weighted by Crippen LogP contribution is 2.18. The molecule has 2 saturated heterocycles. The molecular formula is C19H29N3O3S. The highest BCUT2D eigenvalue weighted by Gasteiger charge is 2.36. The molecule has 2 fully saturated rings. The third-order valence-corrected chi connectivity index (χ3v) is 6.81. The smallest absolute Gasteiger partial charge is 0.282 e. The normalized spacial score (nSPS) is 27.2. The average molecular weight is 380 g/mol. The Morgan fingerprint density at radius 1 is 1.00 bits per heavy atom. The van der Waals surface area contributed by atoms with Crippen LogP contribution in [0.4, 0.5) is 0 Å². The highest BCUT2D eigenvalue weighted by molar-refractivity contribution is 7.86. The van der Waals surface area contributed by atoms with E-state index in [0.717, 1.165) is 19.6 Å². The Morgan fingerprint density at radius 3 is 2.23 bits per heavy atom. The lowest BCUT2D eigenvalue weighted by Crippen LogP contribution is -2.57. The van der Waals surface area contributed by atoms with Crippen LogP contribution < -0.4 is 0 Å². The molecule has 0 radical (unpaired) electrons. The second-order valence-corrected chi connectivity index (χ2v) is 9.02. The summed E-state index contributed by atoms with van der Waals surface area (Å²) in [6, 6.07) is 10.2. The first-order chi connectivity index (χ1) is 12.4. The summed E-state index contributed by atoms with van der Waals surface area (Å²) in [6.07, 6.45) is 4.14. The molecule has 0 amide bonds. The van der Waals surface area contributed by atoms with Gasteiger partial charge in [-0.05, 0) is 19.4 Å². The van der Waals surface area contributed by atoms with Gasteiger partial charge in [0, 0.05) is 45.8 Å². The van der Waals surface area contributed by atoms with Crippen molar-refractivity contribution in [3.63, 3.8) is 0 Å². The molecule has 26 heavy (non-hydrogen) atoms. The molecule has 0 saturated carbocycles. The Morgan fingerprint density at radius 2 is 1.62 bits per heavy atom. The molecule has 2 aliphatic heterocycles. The Balaban J connectivity index is 1.50. The number of hydrogen-bond acceptors (Lipinski definition) is 4. The fourth-order valence-electron chi connectivity index (χ4n) is 3.53. The van der Waals surface area contributed by atoms with Crippen molar-refractivity contribution >= 4 is 16.3 Å². The summed E-state index contributed by atoms with van der Waals surface area (Å²) < 4.78 is 34.7. The van der Waals surface area contributed by atoms with Crippen molar-refractivity contribution in [1.29, 1.82) is 0 Å². The van der Waals surface area contributed by atoms with Gasteiger partial charge >= 0.3 is 0 Å². The molecule has 2 aliphatic rings. The zero-order valence-corrected chi connectivity index (χ0v) is 16.4. The largest absolute Gasteiger partial charge is 0.373 e. The molecule has 0 aromatic heterocycles. The van der Waals surface area contributed by atoms with Gasteiger partial charge in [0.25, 0.3) is 10.2 Å². The van der Waals surface area contributed by atoms with Crippen molar-refractivity contribution in [2.75, 3.05) is 45.8 Å². The SMILES string of the molecule is CC1CN(S(=O)(=O)N2CCN(C/C=C/c3ccccc3)CC2)CC(C)O1. The summed E-state index contributed by atoms with van der Waals surface area (Å²) in [5.74, 6) is 0. The van der Waals surface area contributed by atoms with Gasteiger partial charge in [-0.15, -0.1) is 0 Å². The first-order valence-corrected chi connectivity index (χ1v) is 10.7. The van der Waals surface area contributed by atoms with Crippen LogP contribution in [0.15, 0.2) is 36.4 Å². The van der Waals surface area contributed by atoms with Crippen LogP contribution in [0.25, 0.3) is 6.08 Å². The Kier molecular flexibility index (Phi) is 6.47. The minimum absolute atomic E-state index is 0.0575. The van der Waals surface area contributed by atoms with Crippen LogP contribution in [0.5, 0.6) is 0 Å². The summed E-state index contributed by atoms with van der Waals surface area (Å²) in [5.41, 5.74) is 1.18. The molecule has 1 aromatic carbocycles. The van der Waals surface area contributed by atoms with Gasteiger partial charge in [0.2, 0.25) is 0 Å². The van der Waals surface area contributed by atoms with Crippen molar-refractivity contribution < 1.29 is 13.2 Å². The van der Waals surface area contributed by atoms with Gasteiger partial charge in [0.15, 0.2) is 0 Å². The number of benzene rings is 1. The van der Waals surface area contributed by atoms with Gasteiger partial charge in [-0.25, -0.2) is 0 Å². The lowest BCUT2D eigenvalue weighted by Gasteiger charge is -2.40. The van der Waals surface area contributed by atoms with Crippen LogP contribution in [-0.2, 0) is 14.9 Å². The molecule has 7 heteroatoms. The predicted octanol–water partition coefficient (Wildman–Crippen LogP) is 1.67. The van der Waals surface area contributed by atoms with Gasteiger partial charge in [0.1, 0.15) is 0 Å². The number of piperazine rings is 1. The summed E-state index contributed by atoms with van der Waals surface area (Å²) in [7, 11) is -3.40. The minimum atomic E-state index is -3.40. The van der Waals surface area contributed by atoms with Crippen molar-refractivity contribution in [3.8, 4) is 0 Å². The quantitative estimate of drug-likeness (QED) is 0.781. The van der Waals surface area contributed by atoms with E-state index >= 15 is 0 Å². The molecule has 3 rings (SSSR count). The van der Waals surface area contributed by atoms with Gasteiger partial charge in [-0.2, -0.15) is 17.0 Å². The third kappa shape index (κ3) is 4.92. The van der Waals surface area contributed by atoms with Crippen LogP contribution in [-0.4, -0.2) is 79.9 Å². The molecule has 2 heterocycles. The molecule has 144 valence electrons. The number of rotatable bonds is 5. The van der Waals surface area contributed by atoms with Crippen molar-refractivity contribution in [2.45, 2.75) is 26.1 Å². The average Bonchev–Trinajstić information content (AvgIpc) is 2.62. The molecule has 0 spiro atoms.